The van der Waals surface area contributed by atoms with Crippen LogP contribution in [-0.4, -0.2) is 22.9 Å². The first-order valence-corrected chi connectivity index (χ1v) is 6.57. The molecule has 1 aromatic carbocycles. The van der Waals surface area contributed by atoms with Crippen LogP contribution >= 0.6 is 15.9 Å². The van der Waals surface area contributed by atoms with E-state index in [4.69, 9.17) is 5.11 Å². The van der Waals surface area contributed by atoms with E-state index in [0.717, 1.165) is 4.90 Å². The first-order chi connectivity index (χ1) is 8.88. The van der Waals surface area contributed by atoms with Gasteiger partial charge in [0.15, 0.2) is 0 Å². The summed E-state index contributed by atoms with van der Waals surface area (Å²) in [5.41, 5.74) is 0.331. The highest BCUT2D eigenvalue weighted by Gasteiger charge is 2.31. The lowest BCUT2D eigenvalue weighted by molar-refractivity contribution is -0.130. The number of halogens is 1. The van der Waals surface area contributed by atoms with Crippen LogP contribution in [0.5, 0.6) is 0 Å². The third-order valence-electron chi connectivity index (χ3n) is 2.93. The molecule has 19 heavy (non-hydrogen) atoms. The number of hydrogen-bond donors (Lipinski definition) is 1. The summed E-state index contributed by atoms with van der Waals surface area (Å²) in [6.07, 6.45) is 0.585. The van der Waals surface area contributed by atoms with Crippen LogP contribution in [0.4, 0.5) is 5.69 Å². The standard InChI is InChI=1S/C13H12BrNO4/c1-7-2-11(16)15(12(17)3-7)10-5-8(13(18)19)4-9(14)6-10/h4-7H,2-3H2,1H3,(H,18,19). The maximum atomic E-state index is 12.0. The van der Waals surface area contributed by atoms with Crippen LogP contribution in [0.2, 0.25) is 0 Å². The molecule has 5 nitrogen and oxygen atoms in total. The highest BCUT2D eigenvalue weighted by atomic mass is 79.9. The summed E-state index contributed by atoms with van der Waals surface area (Å²) >= 11 is 3.19. The topological polar surface area (TPSA) is 74.7 Å². The highest BCUT2D eigenvalue weighted by Crippen LogP contribution is 2.28. The number of rotatable bonds is 2. The Morgan fingerprint density at radius 2 is 1.84 bits per heavy atom. The van der Waals surface area contributed by atoms with E-state index in [2.05, 4.69) is 15.9 Å². The van der Waals surface area contributed by atoms with Crippen molar-refractivity contribution in [2.75, 3.05) is 4.90 Å². The van der Waals surface area contributed by atoms with Gasteiger partial charge in [0.25, 0.3) is 0 Å². The third kappa shape index (κ3) is 2.84. The summed E-state index contributed by atoms with van der Waals surface area (Å²) in [7, 11) is 0. The molecular weight excluding hydrogens is 314 g/mol. The smallest absolute Gasteiger partial charge is 0.335 e. The molecule has 1 N–H and O–H groups in total. The average Bonchev–Trinajstić information content (AvgIpc) is 2.26. The van der Waals surface area contributed by atoms with Crippen LogP contribution < -0.4 is 4.90 Å². The Balaban J connectivity index is 2.43. The number of amides is 2. The second-order valence-corrected chi connectivity index (χ2v) is 5.56. The van der Waals surface area contributed by atoms with E-state index in [-0.39, 0.29) is 23.3 Å². The first-order valence-electron chi connectivity index (χ1n) is 5.78. The Morgan fingerprint density at radius 3 is 2.37 bits per heavy atom. The fourth-order valence-corrected chi connectivity index (χ4v) is 2.59. The van der Waals surface area contributed by atoms with Gasteiger partial charge in [0, 0.05) is 17.3 Å². The minimum absolute atomic E-state index is 0.0300. The van der Waals surface area contributed by atoms with Crippen molar-refractivity contribution in [3.8, 4) is 0 Å². The van der Waals surface area contributed by atoms with Crippen LogP contribution in [0.15, 0.2) is 22.7 Å². The van der Waals surface area contributed by atoms with Crippen molar-refractivity contribution in [3.05, 3.63) is 28.2 Å². The zero-order chi connectivity index (χ0) is 14.2. The molecule has 0 saturated carbocycles. The fraction of sp³-hybridized carbons (Fsp3) is 0.308. The third-order valence-corrected chi connectivity index (χ3v) is 3.39. The number of benzene rings is 1. The zero-order valence-corrected chi connectivity index (χ0v) is 11.8. The van der Waals surface area contributed by atoms with Gasteiger partial charge in [0.05, 0.1) is 11.3 Å². The molecule has 1 heterocycles. The van der Waals surface area contributed by atoms with Crippen molar-refractivity contribution in [2.24, 2.45) is 5.92 Å². The maximum Gasteiger partial charge on any atom is 0.335 e. The number of carbonyl (C=O) groups excluding carboxylic acids is 2. The number of carbonyl (C=O) groups is 3. The van der Waals surface area contributed by atoms with Crippen molar-refractivity contribution in [3.63, 3.8) is 0 Å². The number of imide groups is 1. The summed E-state index contributed by atoms with van der Waals surface area (Å²) in [6.45, 7) is 1.84. The molecule has 0 bridgehead atoms. The average molecular weight is 326 g/mol. The molecule has 1 aliphatic rings. The number of piperidine rings is 1. The molecule has 100 valence electrons. The van der Waals surface area contributed by atoms with E-state index in [9.17, 15) is 14.4 Å². The summed E-state index contributed by atoms with van der Waals surface area (Å²) in [6, 6.07) is 4.32. The molecule has 2 amide bonds. The van der Waals surface area contributed by atoms with Crippen LogP contribution in [-0.2, 0) is 9.59 Å². The predicted octanol–water partition coefficient (Wildman–Crippen LogP) is 2.44. The Kier molecular flexibility index (Phi) is 3.71. The Bertz CT molecular complexity index is 552. The molecule has 0 unspecified atom stereocenters. The Labute approximate surface area is 118 Å². The number of carboxylic acid groups (broad SMARTS) is 1. The van der Waals surface area contributed by atoms with Crippen molar-refractivity contribution in [2.45, 2.75) is 19.8 Å². The van der Waals surface area contributed by atoms with Gasteiger partial charge in [-0.15, -0.1) is 0 Å². The molecule has 1 aliphatic heterocycles. The first kappa shape index (κ1) is 13.7. The van der Waals surface area contributed by atoms with E-state index in [1.165, 1.54) is 12.1 Å². The van der Waals surface area contributed by atoms with Crippen LogP contribution in [0.3, 0.4) is 0 Å². The van der Waals surface area contributed by atoms with Gasteiger partial charge < -0.3 is 5.11 Å². The fourth-order valence-electron chi connectivity index (χ4n) is 2.10. The molecule has 0 radical (unpaired) electrons. The molecule has 1 saturated heterocycles. The Hall–Kier alpha value is -1.69. The van der Waals surface area contributed by atoms with E-state index in [1.54, 1.807) is 6.07 Å². The quantitative estimate of drug-likeness (QED) is 0.847. The van der Waals surface area contributed by atoms with E-state index in [0.29, 0.717) is 23.0 Å². The molecule has 0 atom stereocenters. The van der Waals surface area contributed by atoms with Gasteiger partial charge in [-0.1, -0.05) is 22.9 Å². The number of carboxylic acids is 1. The Morgan fingerprint density at radius 1 is 1.26 bits per heavy atom. The van der Waals surface area contributed by atoms with Gasteiger partial charge in [-0.2, -0.15) is 0 Å². The largest absolute Gasteiger partial charge is 0.478 e. The predicted molar refractivity (Wildman–Crippen MR) is 72.0 cm³/mol. The van der Waals surface area contributed by atoms with Crippen LogP contribution in [0.25, 0.3) is 0 Å². The molecule has 1 fully saturated rings. The summed E-state index contributed by atoms with van der Waals surface area (Å²) in [5.74, 6) is -1.66. The highest BCUT2D eigenvalue weighted by molar-refractivity contribution is 9.10. The number of hydrogen-bond acceptors (Lipinski definition) is 3. The van der Waals surface area contributed by atoms with E-state index >= 15 is 0 Å². The van der Waals surface area contributed by atoms with E-state index in [1.807, 2.05) is 6.92 Å². The maximum absolute atomic E-state index is 12.0. The number of aromatic carboxylic acids is 1. The van der Waals surface area contributed by atoms with Gasteiger partial charge in [-0.3, -0.25) is 14.5 Å². The summed E-state index contributed by atoms with van der Waals surface area (Å²) in [4.78, 5) is 36.0. The van der Waals surface area contributed by atoms with Gasteiger partial charge in [-0.25, -0.2) is 4.79 Å². The minimum Gasteiger partial charge on any atom is -0.478 e. The molecule has 6 heteroatoms. The number of nitrogens with zero attached hydrogens (tertiary/aromatic N) is 1. The summed E-state index contributed by atoms with van der Waals surface area (Å²) in [5, 5.41) is 9.00. The van der Waals surface area contributed by atoms with Crippen molar-refractivity contribution < 1.29 is 19.5 Å². The van der Waals surface area contributed by atoms with Gasteiger partial charge >= 0.3 is 5.97 Å². The van der Waals surface area contributed by atoms with Crippen molar-refractivity contribution in [1.82, 2.24) is 0 Å². The lowest BCUT2D eigenvalue weighted by Crippen LogP contribution is -2.42. The molecule has 0 spiro atoms. The normalized spacial score (nSPS) is 16.8. The number of anilines is 1. The molecular formula is C13H12BrNO4. The molecule has 0 aromatic heterocycles. The van der Waals surface area contributed by atoms with Crippen LogP contribution in [0.1, 0.15) is 30.1 Å². The lowest BCUT2D eigenvalue weighted by atomic mass is 9.97. The monoisotopic (exact) mass is 325 g/mol. The second kappa shape index (κ2) is 5.13. The SMILES string of the molecule is CC1CC(=O)N(c2cc(Br)cc(C(=O)O)c2)C(=O)C1. The summed E-state index contributed by atoms with van der Waals surface area (Å²) < 4.78 is 0.515. The van der Waals surface area contributed by atoms with E-state index < -0.39 is 5.97 Å². The van der Waals surface area contributed by atoms with Gasteiger partial charge in [-0.05, 0) is 24.1 Å². The van der Waals surface area contributed by atoms with Crippen molar-refractivity contribution >= 4 is 39.4 Å². The molecule has 0 aliphatic carbocycles. The molecule has 1 aromatic rings. The zero-order valence-electron chi connectivity index (χ0n) is 10.2. The van der Waals surface area contributed by atoms with Crippen molar-refractivity contribution in [1.29, 1.82) is 0 Å². The minimum atomic E-state index is -1.10. The van der Waals surface area contributed by atoms with Gasteiger partial charge in [0.1, 0.15) is 0 Å². The molecule has 2 rings (SSSR count). The second-order valence-electron chi connectivity index (χ2n) is 4.64. The lowest BCUT2D eigenvalue weighted by Gasteiger charge is -2.28. The van der Waals surface area contributed by atoms with Gasteiger partial charge in [0.2, 0.25) is 11.8 Å². The van der Waals surface area contributed by atoms with Crippen LogP contribution in [0, 0.1) is 5.92 Å².